The number of hydrogen-bond donors (Lipinski definition) is 2. The van der Waals surface area contributed by atoms with Crippen LogP contribution < -0.4 is 0 Å². The minimum atomic E-state index is -1.29. The van der Waals surface area contributed by atoms with Crippen LogP contribution in [0.1, 0.15) is 63.5 Å². The van der Waals surface area contributed by atoms with Crippen LogP contribution in [0.2, 0.25) is 0 Å². The van der Waals surface area contributed by atoms with Gasteiger partial charge < -0.3 is 10.2 Å². The van der Waals surface area contributed by atoms with Gasteiger partial charge in [-0.25, -0.2) is 0 Å². The third-order valence-corrected chi connectivity index (χ3v) is 4.97. The Morgan fingerprint density at radius 2 is 0.958 bits per heavy atom. The van der Waals surface area contributed by atoms with Gasteiger partial charge in [0.1, 0.15) is 11.2 Å². The minimum absolute atomic E-state index is 0.544. The van der Waals surface area contributed by atoms with E-state index >= 15 is 0 Å². The highest BCUT2D eigenvalue weighted by atomic mass is 16.4. The van der Waals surface area contributed by atoms with Gasteiger partial charge >= 0.3 is 0 Å². The Hall–Kier alpha value is -1.64. The molecule has 0 heterocycles. The van der Waals surface area contributed by atoms with Crippen molar-refractivity contribution >= 4 is 0 Å². The minimum Gasteiger partial charge on any atom is -0.382 e. The highest BCUT2D eigenvalue weighted by molar-refractivity contribution is 5.34. The lowest BCUT2D eigenvalue weighted by atomic mass is 9.68. The van der Waals surface area contributed by atoms with Crippen molar-refractivity contribution in [3.63, 3.8) is 0 Å². The fourth-order valence-electron chi connectivity index (χ4n) is 3.47. The molecule has 2 heteroatoms. The molecular weight excluding hydrogens is 296 g/mol. The average Bonchev–Trinajstić information content (AvgIpc) is 2.65. The van der Waals surface area contributed by atoms with E-state index in [4.69, 9.17) is 0 Å². The summed E-state index contributed by atoms with van der Waals surface area (Å²) in [7, 11) is 0. The summed E-state index contributed by atoms with van der Waals surface area (Å²) in [4.78, 5) is 0. The standard InChI is InChI=1S/C22H30O2/c1-3-5-17-21(23,19-13-9-7-10-14-19)22(24,18-6-4-2)20-15-11-8-12-16-20/h7-16,23-24H,3-6,17-18H2,1-2H3. The topological polar surface area (TPSA) is 40.5 Å². The molecule has 0 aromatic heterocycles. The van der Waals surface area contributed by atoms with Gasteiger partial charge in [0.25, 0.3) is 0 Å². The Morgan fingerprint density at radius 3 is 1.25 bits per heavy atom. The third-order valence-electron chi connectivity index (χ3n) is 4.97. The fourth-order valence-corrected chi connectivity index (χ4v) is 3.47. The highest BCUT2D eigenvalue weighted by Crippen LogP contribution is 2.47. The van der Waals surface area contributed by atoms with Crippen molar-refractivity contribution in [2.75, 3.05) is 0 Å². The summed E-state index contributed by atoms with van der Waals surface area (Å²) in [6.07, 6.45) is 4.78. The van der Waals surface area contributed by atoms with Crippen molar-refractivity contribution in [3.8, 4) is 0 Å². The summed E-state index contributed by atoms with van der Waals surface area (Å²) in [5, 5.41) is 23.5. The first-order valence-electron chi connectivity index (χ1n) is 9.14. The van der Waals surface area contributed by atoms with Gasteiger partial charge in [-0.3, -0.25) is 0 Å². The van der Waals surface area contributed by atoms with E-state index in [9.17, 15) is 10.2 Å². The molecule has 0 bridgehead atoms. The van der Waals surface area contributed by atoms with Crippen LogP contribution in [0.4, 0.5) is 0 Å². The maximum atomic E-state index is 11.8. The lowest BCUT2D eigenvalue weighted by Crippen LogP contribution is -2.49. The zero-order valence-electron chi connectivity index (χ0n) is 14.9. The molecule has 2 N–H and O–H groups in total. The van der Waals surface area contributed by atoms with Gasteiger partial charge in [-0.2, -0.15) is 0 Å². The maximum absolute atomic E-state index is 11.8. The van der Waals surface area contributed by atoms with Gasteiger partial charge in [-0.15, -0.1) is 0 Å². The summed E-state index contributed by atoms with van der Waals surface area (Å²) >= 11 is 0. The number of aliphatic hydroxyl groups is 2. The van der Waals surface area contributed by atoms with E-state index in [1.807, 2.05) is 60.7 Å². The average molecular weight is 326 g/mol. The summed E-state index contributed by atoms with van der Waals surface area (Å²) in [5.74, 6) is 0. The third kappa shape index (κ3) is 3.71. The molecule has 0 aliphatic rings. The number of hydrogen-bond acceptors (Lipinski definition) is 2. The first-order valence-corrected chi connectivity index (χ1v) is 9.14. The molecule has 0 saturated carbocycles. The van der Waals surface area contributed by atoms with Crippen LogP contribution in [-0.4, -0.2) is 10.2 Å². The van der Waals surface area contributed by atoms with E-state index in [1.54, 1.807) is 0 Å². The summed E-state index contributed by atoms with van der Waals surface area (Å²) < 4.78 is 0. The monoisotopic (exact) mass is 326 g/mol. The van der Waals surface area contributed by atoms with Gasteiger partial charge in [0.15, 0.2) is 0 Å². The Kier molecular flexibility index (Phi) is 6.59. The molecule has 0 aliphatic carbocycles. The van der Waals surface area contributed by atoms with Crippen LogP contribution in [0.3, 0.4) is 0 Å². The molecule has 130 valence electrons. The molecule has 2 unspecified atom stereocenters. The quantitative estimate of drug-likeness (QED) is 0.669. The molecule has 2 nitrogen and oxygen atoms in total. The Bertz CT molecular complexity index is 540. The Labute approximate surface area is 146 Å². The predicted octanol–water partition coefficient (Wildman–Crippen LogP) is 5.14. The van der Waals surface area contributed by atoms with E-state index < -0.39 is 11.2 Å². The zero-order valence-corrected chi connectivity index (χ0v) is 14.9. The molecule has 0 spiro atoms. The Balaban J connectivity index is 2.56. The predicted molar refractivity (Wildman–Crippen MR) is 99.7 cm³/mol. The first kappa shape index (κ1) is 18.7. The largest absolute Gasteiger partial charge is 0.382 e. The van der Waals surface area contributed by atoms with Gasteiger partial charge in [-0.05, 0) is 24.0 Å². The second-order valence-electron chi connectivity index (χ2n) is 6.66. The molecule has 24 heavy (non-hydrogen) atoms. The lowest BCUT2D eigenvalue weighted by molar-refractivity contribution is -0.175. The molecule has 0 saturated heterocycles. The van der Waals surface area contributed by atoms with Gasteiger partial charge in [0.2, 0.25) is 0 Å². The van der Waals surface area contributed by atoms with E-state index in [1.165, 1.54) is 0 Å². The molecular formula is C22H30O2. The van der Waals surface area contributed by atoms with Crippen LogP contribution in [0, 0.1) is 0 Å². The van der Waals surface area contributed by atoms with Crippen molar-refractivity contribution in [1.29, 1.82) is 0 Å². The zero-order chi connectivity index (χ0) is 17.5. The molecule has 2 atom stereocenters. The van der Waals surface area contributed by atoms with Gasteiger partial charge in [0, 0.05) is 0 Å². The highest BCUT2D eigenvalue weighted by Gasteiger charge is 2.50. The lowest BCUT2D eigenvalue weighted by Gasteiger charge is -2.45. The maximum Gasteiger partial charge on any atom is 0.122 e. The van der Waals surface area contributed by atoms with Crippen molar-refractivity contribution in [1.82, 2.24) is 0 Å². The van der Waals surface area contributed by atoms with Gasteiger partial charge in [-0.1, -0.05) is 100 Å². The molecule has 0 radical (unpaired) electrons. The molecule has 2 rings (SSSR count). The van der Waals surface area contributed by atoms with Crippen molar-refractivity contribution in [2.45, 2.75) is 63.6 Å². The van der Waals surface area contributed by atoms with Gasteiger partial charge in [0.05, 0.1) is 0 Å². The fraction of sp³-hybridized carbons (Fsp3) is 0.455. The first-order chi connectivity index (χ1) is 11.6. The van der Waals surface area contributed by atoms with E-state index in [0.717, 1.165) is 36.8 Å². The Morgan fingerprint density at radius 1 is 0.625 bits per heavy atom. The van der Waals surface area contributed by atoms with E-state index in [2.05, 4.69) is 13.8 Å². The van der Waals surface area contributed by atoms with Crippen LogP contribution >= 0.6 is 0 Å². The second-order valence-corrected chi connectivity index (χ2v) is 6.66. The molecule has 0 fully saturated rings. The molecule has 0 amide bonds. The summed E-state index contributed by atoms with van der Waals surface area (Å²) in [5.41, 5.74) is -0.997. The van der Waals surface area contributed by atoms with E-state index in [-0.39, 0.29) is 0 Å². The number of unbranched alkanes of at least 4 members (excludes halogenated alkanes) is 2. The molecule has 2 aromatic carbocycles. The summed E-state index contributed by atoms with van der Waals surface area (Å²) in [6.45, 7) is 4.22. The van der Waals surface area contributed by atoms with Crippen molar-refractivity contribution in [3.05, 3.63) is 71.8 Å². The normalized spacial score (nSPS) is 16.3. The van der Waals surface area contributed by atoms with Crippen LogP contribution in [0.25, 0.3) is 0 Å². The smallest absolute Gasteiger partial charge is 0.122 e. The summed E-state index contributed by atoms with van der Waals surface area (Å²) in [6, 6.07) is 19.3. The van der Waals surface area contributed by atoms with Crippen LogP contribution in [0.15, 0.2) is 60.7 Å². The van der Waals surface area contributed by atoms with E-state index in [0.29, 0.717) is 12.8 Å². The van der Waals surface area contributed by atoms with Crippen molar-refractivity contribution < 1.29 is 10.2 Å². The molecule has 2 aromatic rings. The van der Waals surface area contributed by atoms with Crippen molar-refractivity contribution in [2.24, 2.45) is 0 Å². The SMILES string of the molecule is CCCCC(O)(c1ccccc1)C(O)(CCCC)c1ccccc1. The number of benzene rings is 2. The molecule has 0 aliphatic heterocycles. The van der Waals surface area contributed by atoms with Crippen LogP contribution in [0.5, 0.6) is 0 Å². The number of rotatable bonds is 9. The van der Waals surface area contributed by atoms with Crippen LogP contribution in [-0.2, 0) is 11.2 Å². The second kappa shape index (κ2) is 8.46.